The molecule has 0 atom stereocenters. The Balaban J connectivity index is 2.41. The fraction of sp³-hybridized carbons (Fsp3) is 0.182. The summed E-state index contributed by atoms with van der Waals surface area (Å²) in [4.78, 5) is -0.203. The van der Waals surface area contributed by atoms with Crippen molar-refractivity contribution >= 4 is 27.3 Å². The van der Waals surface area contributed by atoms with Crippen molar-refractivity contribution in [1.82, 2.24) is 15.5 Å². The number of anilines is 1. The van der Waals surface area contributed by atoms with Gasteiger partial charge in [0.05, 0.1) is 21.8 Å². The molecule has 2 aromatic rings. The highest BCUT2D eigenvalue weighted by Crippen LogP contribution is 2.25. The average molecular weight is 319 g/mol. The van der Waals surface area contributed by atoms with Crippen LogP contribution in [0.1, 0.15) is 5.56 Å². The molecular weight excluding hydrogens is 307 g/mol. The molecule has 20 heavy (non-hydrogen) atoms. The third-order valence-electron chi connectivity index (χ3n) is 2.51. The molecule has 1 heterocycles. The van der Waals surface area contributed by atoms with Gasteiger partial charge in [-0.25, -0.2) is 12.8 Å². The lowest BCUT2D eigenvalue weighted by Gasteiger charge is -2.10. The Bertz CT molecular complexity index is 703. The van der Waals surface area contributed by atoms with Gasteiger partial charge in [0.2, 0.25) is 0 Å². The molecule has 108 valence electrons. The van der Waals surface area contributed by atoms with E-state index in [1.165, 1.54) is 18.5 Å². The number of hydrogen-bond acceptors (Lipinski definition) is 4. The van der Waals surface area contributed by atoms with Gasteiger partial charge in [-0.2, -0.15) is 5.10 Å². The Morgan fingerprint density at radius 2 is 2.20 bits per heavy atom. The van der Waals surface area contributed by atoms with Gasteiger partial charge in [-0.15, -0.1) is 0 Å². The number of nitrogens with one attached hydrogen (secondary N) is 3. The molecule has 0 bridgehead atoms. The summed E-state index contributed by atoms with van der Waals surface area (Å²) in [6.07, 6.45) is 2.68. The zero-order valence-electron chi connectivity index (χ0n) is 10.4. The van der Waals surface area contributed by atoms with Crippen LogP contribution in [0.5, 0.6) is 0 Å². The van der Waals surface area contributed by atoms with Crippen molar-refractivity contribution in [1.29, 1.82) is 0 Å². The van der Waals surface area contributed by atoms with Crippen LogP contribution >= 0.6 is 11.6 Å². The van der Waals surface area contributed by atoms with Crippen molar-refractivity contribution in [2.24, 2.45) is 0 Å². The molecule has 9 heteroatoms. The molecule has 0 saturated carbocycles. The monoisotopic (exact) mass is 318 g/mol. The zero-order valence-corrected chi connectivity index (χ0v) is 12.0. The molecule has 6 nitrogen and oxygen atoms in total. The molecule has 0 spiro atoms. The predicted molar refractivity (Wildman–Crippen MR) is 73.6 cm³/mol. The highest BCUT2D eigenvalue weighted by Gasteiger charge is 2.19. The summed E-state index contributed by atoms with van der Waals surface area (Å²) in [5.74, 6) is -0.785. The Morgan fingerprint density at radius 1 is 1.45 bits per heavy atom. The molecule has 0 saturated heterocycles. The highest BCUT2D eigenvalue weighted by atomic mass is 35.5. The number of aromatic nitrogens is 2. The second kappa shape index (κ2) is 5.78. The lowest BCUT2D eigenvalue weighted by molar-refractivity contribution is 0.594. The second-order valence-electron chi connectivity index (χ2n) is 4.00. The van der Waals surface area contributed by atoms with Gasteiger partial charge < -0.3 is 5.32 Å². The molecule has 1 aromatic heterocycles. The van der Waals surface area contributed by atoms with Crippen molar-refractivity contribution in [3.8, 4) is 0 Å². The van der Waals surface area contributed by atoms with Gasteiger partial charge in [0.1, 0.15) is 5.82 Å². The van der Waals surface area contributed by atoms with E-state index < -0.39 is 15.8 Å². The van der Waals surface area contributed by atoms with E-state index in [-0.39, 0.29) is 22.2 Å². The summed E-state index contributed by atoms with van der Waals surface area (Å²) in [6, 6.07) is 2.20. The number of rotatable bonds is 5. The first-order chi connectivity index (χ1) is 9.44. The number of aromatic amines is 1. The minimum Gasteiger partial charge on any atom is -0.316 e. The van der Waals surface area contributed by atoms with Gasteiger partial charge in [-0.3, -0.25) is 9.82 Å². The Morgan fingerprint density at radius 3 is 2.80 bits per heavy atom. The van der Waals surface area contributed by atoms with E-state index in [9.17, 15) is 12.8 Å². The summed E-state index contributed by atoms with van der Waals surface area (Å²) in [7, 11) is -2.25. The van der Waals surface area contributed by atoms with Crippen molar-refractivity contribution in [2.45, 2.75) is 11.4 Å². The smallest absolute Gasteiger partial charge is 0.262 e. The van der Waals surface area contributed by atoms with E-state index in [0.29, 0.717) is 5.56 Å². The molecule has 0 aliphatic carbocycles. The SMILES string of the molecule is CNCc1cc(S(=O)(=O)Nc2cn[nH]c2)cc(F)c1Cl. The molecular formula is C11H12ClFN4O2S. The van der Waals surface area contributed by atoms with Gasteiger partial charge in [0.25, 0.3) is 10.0 Å². The summed E-state index contributed by atoms with van der Waals surface area (Å²) in [6.45, 7) is 0.255. The Kier molecular flexibility index (Phi) is 4.26. The fourth-order valence-electron chi connectivity index (χ4n) is 1.61. The predicted octanol–water partition coefficient (Wildman–Crippen LogP) is 1.72. The van der Waals surface area contributed by atoms with Gasteiger partial charge in [-0.1, -0.05) is 11.6 Å². The molecule has 0 fully saturated rings. The third kappa shape index (κ3) is 3.09. The zero-order chi connectivity index (χ0) is 14.8. The van der Waals surface area contributed by atoms with E-state index >= 15 is 0 Å². The van der Waals surface area contributed by atoms with E-state index in [0.717, 1.165) is 6.07 Å². The Hall–Kier alpha value is -1.64. The average Bonchev–Trinajstić information content (AvgIpc) is 2.87. The van der Waals surface area contributed by atoms with Crippen molar-refractivity contribution in [3.05, 3.63) is 40.9 Å². The van der Waals surface area contributed by atoms with Crippen LogP contribution in [0.2, 0.25) is 5.02 Å². The lowest BCUT2D eigenvalue weighted by Crippen LogP contribution is -2.14. The van der Waals surface area contributed by atoms with Gasteiger partial charge in [0, 0.05) is 12.7 Å². The van der Waals surface area contributed by atoms with Crippen molar-refractivity contribution < 1.29 is 12.8 Å². The largest absolute Gasteiger partial charge is 0.316 e. The van der Waals surface area contributed by atoms with Crippen molar-refractivity contribution in [3.63, 3.8) is 0 Å². The van der Waals surface area contributed by atoms with Gasteiger partial charge >= 0.3 is 0 Å². The summed E-state index contributed by atoms with van der Waals surface area (Å²) in [5.41, 5.74) is 0.622. The van der Waals surface area contributed by atoms with Crippen LogP contribution in [0.15, 0.2) is 29.4 Å². The third-order valence-corrected chi connectivity index (χ3v) is 4.29. The van der Waals surface area contributed by atoms with Crippen LogP contribution in [0.4, 0.5) is 10.1 Å². The minimum absolute atomic E-state index is 0.0957. The van der Waals surface area contributed by atoms with Crippen LogP contribution in [-0.2, 0) is 16.6 Å². The van der Waals surface area contributed by atoms with E-state index in [1.807, 2.05) is 0 Å². The molecule has 0 amide bonds. The highest BCUT2D eigenvalue weighted by molar-refractivity contribution is 7.92. The number of sulfonamides is 1. The maximum atomic E-state index is 13.7. The summed E-state index contributed by atoms with van der Waals surface area (Å²) < 4.78 is 40.3. The van der Waals surface area contributed by atoms with E-state index in [4.69, 9.17) is 11.6 Å². The van der Waals surface area contributed by atoms with Gasteiger partial charge in [-0.05, 0) is 24.7 Å². The maximum absolute atomic E-state index is 13.7. The minimum atomic E-state index is -3.90. The first-order valence-corrected chi connectivity index (χ1v) is 7.44. The number of benzene rings is 1. The van der Waals surface area contributed by atoms with Gasteiger partial charge in [0.15, 0.2) is 0 Å². The molecule has 0 unspecified atom stereocenters. The first kappa shape index (κ1) is 14.8. The second-order valence-corrected chi connectivity index (χ2v) is 6.06. The molecule has 2 rings (SSSR count). The number of hydrogen-bond donors (Lipinski definition) is 3. The number of nitrogens with zero attached hydrogens (tertiary/aromatic N) is 1. The molecule has 1 aromatic carbocycles. The first-order valence-electron chi connectivity index (χ1n) is 5.58. The number of H-pyrrole nitrogens is 1. The van der Waals surface area contributed by atoms with Crippen LogP contribution in [-0.4, -0.2) is 25.7 Å². The quantitative estimate of drug-likeness (QED) is 0.783. The molecule has 0 aliphatic heterocycles. The molecule has 0 radical (unpaired) electrons. The maximum Gasteiger partial charge on any atom is 0.262 e. The van der Waals surface area contributed by atoms with Crippen LogP contribution in [0.3, 0.4) is 0 Å². The normalized spacial score (nSPS) is 11.6. The molecule has 0 aliphatic rings. The topological polar surface area (TPSA) is 86.9 Å². The van der Waals surface area contributed by atoms with Crippen LogP contribution in [0.25, 0.3) is 0 Å². The van der Waals surface area contributed by atoms with Crippen LogP contribution in [0, 0.1) is 5.82 Å². The number of halogens is 2. The summed E-state index contributed by atoms with van der Waals surface area (Å²) >= 11 is 5.79. The van der Waals surface area contributed by atoms with E-state index in [1.54, 1.807) is 7.05 Å². The van der Waals surface area contributed by atoms with E-state index in [2.05, 4.69) is 20.2 Å². The molecule has 3 N–H and O–H groups in total. The summed E-state index contributed by atoms with van der Waals surface area (Å²) in [5, 5.41) is 8.79. The Labute approximate surface area is 120 Å². The van der Waals surface area contributed by atoms with Crippen LogP contribution < -0.4 is 10.0 Å². The lowest BCUT2D eigenvalue weighted by atomic mass is 10.2. The fourth-order valence-corrected chi connectivity index (χ4v) is 2.89. The standard InChI is InChI=1S/C11H12ClFN4O2S/c1-14-4-7-2-9(3-10(13)11(7)12)20(18,19)17-8-5-15-16-6-8/h2-3,5-6,14,17H,4H2,1H3,(H,15,16). The van der Waals surface area contributed by atoms with Crippen molar-refractivity contribution in [2.75, 3.05) is 11.8 Å².